The number of carbonyl (C=O) groups excluding carboxylic acids is 1. The van der Waals surface area contributed by atoms with Gasteiger partial charge in [-0.3, -0.25) is 9.36 Å². The number of rotatable bonds is 6. The summed E-state index contributed by atoms with van der Waals surface area (Å²) < 4.78 is 25.4. The predicted molar refractivity (Wildman–Crippen MR) is 109 cm³/mol. The molecule has 27 heavy (non-hydrogen) atoms. The molecule has 2 aromatic carbocycles. The van der Waals surface area contributed by atoms with Crippen molar-refractivity contribution < 1.29 is 13.2 Å². The van der Waals surface area contributed by atoms with Gasteiger partial charge in [-0.2, -0.15) is 0 Å². The van der Waals surface area contributed by atoms with Crippen LogP contribution in [0.4, 0.5) is 0 Å². The van der Waals surface area contributed by atoms with Gasteiger partial charge in [-0.25, -0.2) is 8.42 Å². The standard InChI is InChI=1S/C22H25NO3S/c1-4-6-16-8-10-17(11-9-16)22(24)23-19(7-5-2)14-18-15-20(27(3,25)26)12-13-21(18)23/h8-15H,4-7H2,1-3H3. The van der Waals surface area contributed by atoms with Crippen LogP contribution in [0.15, 0.2) is 53.4 Å². The zero-order valence-corrected chi connectivity index (χ0v) is 16.8. The van der Waals surface area contributed by atoms with Crippen LogP contribution < -0.4 is 0 Å². The van der Waals surface area contributed by atoms with Crippen molar-refractivity contribution in [3.8, 4) is 0 Å². The molecule has 0 saturated heterocycles. The largest absolute Gasteiger partial charge is 0.280 e. The van der Waals surface area contributed by atoms with Crippen molar-refractivity contribution >= 4 is 26.6 Å². The van der Waals surface area contributed by atoms with E-state index in [-0.39, 0.29) is 10.8 Å². The van der Waals surface area contributed by atoms with E-state index in [1.54, 1.807) is 22.8 Å². The van der Waals surface area contributed by atoms with E-state index in [1.807, 2.05) is 30.3 Å². The summed E-state index contributed by atoms with van der Waals surface area (Å²) in [6.45, 7) is 4.20. The number of carbonyl (C=O) groups is 1. The fourth-order valence-electron chi connectivity index (χ4n) is 3.39. The van der Waals surface area contributed by atoms with Crippen LogP contribution in [-0.2, 0) is 22.7 Å². The van der Waals surface area contributed by atoms with Crippen LogP contribution in [0.2, 0.25) is 0 Å². The van der Waals surface area contributed by atoms with Gasteiger partial charge in [-0.1, -0.05) is 38.8 Å². The number of sulfone groups is 1. The molecular formula is C22H25NO3S. The first kappa shape index (κ1) is 19.4. The molecule has 1 aromatic heterocycles. The van der Waals surface area contributed by atoms with Crippen LogP contribution in [-0.4, -0.2) is 25.1 Å². The van der Waals surface area contributed by atoms with Gasteiger partial charge in [0, 0.05) is 22.9 Å². The van der Waals surface area contributed by atoms with E-state index in [2.05, 4.69) is 13.8 Å². The molecule has 0 N–H and O–H groups in total. The first-order valence-corrected chi connectivity index (χ1v) is 11.2. The zero-order chi connectivity index (χ0) is 19.6. The van der Waals surface area contributed by atoms with Crippen molar-refractivity contribution in [2.75, 3.05) is 6.26 Å². The Morgan fingerprint density at radius 3 is 2.19 bits per heavy atom. The maximum atomic E-state index is 13.2. The Kier molecular flexibility index (Phi) is 5.51. The smallest absolute Gasteiger partial charge is 0.262 e. The molecule has 0 saturated carbocycles. The normalized spacial score (nSPS) is 11.8. The number of benzene rings is 2. The molecule has 0 fully saturated rings. The Hall–Kier alpha value is -2.40. The lowest BCUT2D eigenvalue weighted by Gasteiger charge is -2.10. The van der Waals surface area contributed by atoms with E-state index >= 15 is 0 Å². The summed E-state index contributed by atoms with van der Waals surface area (Å²) in [5, 5.41) is 0.775. The molecule has 0 amide bonds. The van der Waals surface area contributed by atoms with Gasteiger partial charge in [0.2, 0.25) is 0 Å². The van der Waals surface area contributed by atoms with E-state index in [0.29, 0.717) is 5.56 Å². The highest BCUT2D eigenvalue weighted by Crippen LogP contribution is 2.25. The van der Waals surface area contributed by atoms with Crippen LogP contribution in [0.1, 0.15) is 48.3 Å². The number of hydrogen-bond acceptors (Lipinski definition) is 3. The monoisotopic (exact) mass is 383 g/mol. The second-order valence-corrected chi connectivity index (χ2v) is 8.98. The lowest BCUT2D eigenvalue weighted by atomic mass is 10.1. The van der Waals surface area contributed by atoms with Crippen molar-refractivity contribution in [1.29, 1.82) is 0 Å². The second kappa shape index (κ2) is 7.69. The molecule has 1 heterocycles. The zero-order valence-electron chi connectivity index (χ0n) is 16.0. The third-order valence-corrected chi connectivity index (χ3v) is 5.84. The molecule has 0 spiro atoms. The molecule has 0 aliphatic carbocycles. The topological polar surface area (TPSA) is 56.1 Å². The molecule has 0 radical (unpaired) electrons. The Labute approximate surface area is 160 Å². The number of aryl methyl sites for hydroxylation is 2. The second-order valence-electron chi connectivity index (χ2n) is 6.97. The number of fused-ring (bicyclic) bond motifs is 1. The number of hydrogen-bond donors (Lipinski definition) is 0. The lowest BCUT2D eigenvalue weighted by molar-refractivity contribution is 0.0962. The molecule has 0 atom stereocenters. The fraction of sp³-hybridized carbons (Fsp3) is 0.318. The van der Waals surface area contributed by atoms with Gasteiger partial charge in [0.1, 0.15) is 0 Å². The van der Waals surface area contributed by atoms with Crippen LogP contribution in [0, 0.1) is 0 Å². The molecule has 0 aliphatic heterocycles. The average molecular weight is 384 g/mol. The summed E-state index contributed by atoms with van der Waals surface area (Å²) >= 11 is 0. The molecule has 3 aromatic rings. The Morgan fingerprint density at radius 2 is 1.59 bits per heavy atom. The van der Waals surface area contributed by atoms with Gasteiger partial charge >= 0.3 is 0 Å². The van der Waals surface area contributed by atoms with Gasteiger partial charge in [0.25, 0.3) is 5.91 Å². The van der Waals surface area contributed by atoms with Gasteiger partial charge < -0.3 is 0 Å². The highest BCUT2D eigenvalue weighted by Gasteiger charge is 2.18. The quantitative estimate of drug-likeness (QED) is 0.623. The van der Waals surface area contributed by atoms with Gasteiger partial charge in [0.15, 0.2) is 9.84 Å². The minimum absolute atomic E-state index is 0.0800. The predicted octanol–water partition coefficient (Wildman–Crippen LogP) is 4.64. The van der Waals surface area contributed by atoms with Crippen molar-refractivity contribution in [3.63, 3.8) is 0 Å². The average Bonchev–Trinajstić information content (AvgIpc) is 2.99. The van der Waals surface area contributed by atoms with E-state index in [4.69, 9.17) is 0 Å². The Morgan fingerprint density at radius 1 is 0.926 bits per heavy atom. The minimum Gasteiger partial charge on any atom is -0.280 e. The third-order valence-electron chi connectivity index (χ3n) is 4.73. The Balaban J connectivity index is 2.10. The molecular weight excluding hydrogens is 358 g/mol. The summed E-state index contributed by atoms with van der Waals surface area (Å²) in [7, 11) is -3.29. The van der Waals surface area contributed by atoms with E-state index in [9.17, 15) is 13.2 Å². The summed E-state index contributed by atoms with van der Waals surface area (Å²) in [5.74, 6) is -0.0800. The van der Waals surface area contributed by atoms with Crippen LogP contribution >= 0.6 is 0 Å². The fourth-order valence-corrected chi connectivity index (χ4v) is 4.05. The summed E-state index contributed by atoms with van der Waals surface area (Å²) in [6, 6.07) is 14.6. The van der Waals surface area contributed by atoms with Gasteiger partial charge in [0.05, 0.1) is 10.4 Å². The first-order valence-electron chi connectivity index (χ1n) is 9.33. The van der Waals surface area contributed by atoms with Crippen molar-refractivity contribution in [2.45, 2.75) is 44.4 Å². The Bertz CT molecular complexity index is 1080. The van der Waals surface area contributed by atoms with Crippen LogP contribution in [0.3, 0.4) is 0 Å². The number of aromatic nitrogens is 1. The van der Waals surface area contributed by atoms with Crippen molar-refractivity contribution in [3.05, 3.63) is 65.4 Å². The van der Waals surface area contributed by atoms with Crippen LogP contribution in [0.5, 0.6) is 0 Å². The third kappa shape index (κ3) is 3.98. The van der Waals surface area contributed by atoms with E-state index in [1.165, 1.54) is 11.8 Å². The first-order chi connectivity index (χ1) is 12.8. The van der Waals surface area contributed by atoms with E-state index in [0.717, 1.165) is 42.3 Å². The molecule has 5 heteroatoms. The molecule has 4 nitrogen and oxygen atoms in total. The summed E-state index contributed by atoms with van der Waals surface area (Å²) in [6.07, 6.45) is 4.91. The molecule has 142 valence electrons. The van der Waals surface area contributed by atoms with Crippen molar-refractivity contribution in [1.82, 2.24) is 4.57 Å². The maximum Gasteiger partial charge on any atom is 0.262 e. The van der Waals surface area contributed by atoms with Crippen molar-refractivity contribution in [2.24, 2.45) is 0 Å². The molecule has 0 aliphatic rings. The highest BCUT2D eigenvalue weighted by atomic mass is 32.2. The minimum atomic E-state index is -3.29. The molecule has 0 bridgehead atoms. The molecule has 0 unspecified atom stereocenters. The molecule has 3 rings (SSSR count). The highest BCUT2D eigenvalue weighted by molar-refractivity contribution is 7.90. The van der Waals surface area contributed by atoms with E-state index < -0.39 is 9.84 Å². The SMILES string of the molecule is CCCc1ccc(C(=O)n2c(CCC)cc3cc(S(C)(=O)=O)ccc32)cc1. The van der Waals surface area contributed by atoms with Gasteiger partial charge in [-0.05, 0) is 54.8 Å². The number of nitrogens with zero attached hydrogens (tertiary/aromatic N) is 1. The summed E-state index contributed by atoms with van der Waals surface area (Å²) in [4.78, 5) is 13.5. The maximum absolute atomic E-state index is 13.2. The van der Waals surface area contributed by atoms with Crippen LogP contribution in [0.25, 0.3) is 10.9 Å². The summed E-state index contributed by atoms with van der Waals surface area (Å²) in [5.41, 5.74) is 3.50. The lowest BCUT2D eigenvalue weighted by Crippen LogP contribution is -2.15. The van der Waals surface area contributed by atoms with Gasteiger partial charge in [-0.15, -0.1) is 0 Å².